The van der Waals surface area contributed by atoms with E-state index in [0.29, 0.717) is 45.6 Å². The van der Waals surface area contributed by atoms with Crippen molar-refractivity contribution in [3.63, 3.8) is 0 Å². The predicted octanol–water partition coefficient (Wildman–Crippen LogP) is 3.75. The van der Waals surface area contributed by atoms with E-state index in [1.54, 1.807) is 38.2 Å². The van der Waals surface area contributed by atoms with Crippen LogP contribution in [0.15, 0.2) is 36.4 Å². The second-order valence-electron chi connectivity index (χ2n) is 7.76. The minimum absolute atomic E-state index is 0.0388. The first-order valence-electron chi connectivity index (χ1n) is 9.74. The van der Waals surface area contributed by atoms with Gasteiger partial charge in [-0.25, -0.2) is 0 Å². The Kier molecular flexibility index (Phi) is 5.43. The Hall–Kier alpha value is -2.28. The van der Waals surface area contributed by atoms with Gasteiger partial charge in [0, 0.05) is 37.5 Å². The van der Waals surface area contributed by atoms with Crippen LogP contribution in [0.2, 0.25) is 10.0 Å². The van der Waals surface area contributed by atoms with Gasteiger partial charge in [0.05, 0.1) is 23.2 Å². The summed E-state index contributed by atoms with van der Waals surface area (Å²) in [6.07, 6.45) is 1.46. The van der Waals surface area contributed by atoms with Crippen LogP contribution in [0.5, 0.6) is 5.75 Å². The van der Waals surface area contributed by atoms with Crippen LogP contribution in [0.25, 0.3) is 0 Å². The summed E-state index contributed by atoms with van der Waals surface area (Å²) in [6, 6.07) is 10.3. The highest BCUT2D eigenvalue weighted by atomic mass is 35.5. The number of hydrogen-bond donors (Lipinski definition) is 1. The van der Waals surface area contributed by atoms with Crippen molar-refractivity contribution in [1.82, 2.24) is 9.80 Å². The van der Waals surface area contributed by atoms with Crippen molar-refractivity contribution < 1.29 is 14.3 Å². The number of anilines is 1. The summed E-state index contributed by atoms with van der Waals surface area (Å²) in [5.41, 5.74) is 0.664. The fraction of sp³-hybridized carbons (Fsp3) is 0.364. The Labute approximate surface area is 185 Å². The van der Waals surface area contributed by atoms with E-state index in [4.69, 9.17) is 27.9 Å². The molecule has 2 atom stereocenters. The lowest BCUT2D eigenvalue weighted by molar-refractivity contribution is -0.138. The van der Waals surface area contributed by atoms with E-state index >= 15 is 0 Å². The van der Waals surface area contributed by atoms with Gasteiger partial charge in [-0.1, -0.05) is 41.4 Å². The average molecular weight is 448 g/mol. The van der Waals surface area contributed by atoms with Gasteiger partial charge in [0.1, 0.15) is 5.75 Å². The predicted molar refractivity (Wildman–Crippen MR) is 117 cm³/mol. The molecule has 0 aliphatic carbocycles. The molecule has 2 heterocycles. The van der Waals surface area contributed by atoms with Gasteiger partial charge in [0.25, 0.3) is 5.91 Å². The quantitative estimate of drug-likeness (QED) is 0.774. The minimum atomic E-state index is -1.26. The van der Waals surface area contributed by atoms with Crippen molar-refractivity contribution in [2.24, 2.45) is 0 Å². The van der Waals surface area contributed by atoms with E-state index in [-0.39, 0.29) is 11.8 Å². The van der Waals surface area contributed by atoms with Gasteiger partial charge in [-0.15, -0.1) is 0 Å². The van der Waals surface area contributed by atoms with E-state index in [1.165, 1.54) is 0 Å². The molecule has 8 heteroatoms. The maximum absolute atomic E-state index is 13.8. The second-order valence-corrected chi connectivity index (χ2v) is 8.58. The molecule has 6 nitrogen and oxygen atoms in total. The van der Waals surface area contributed by atoms with E-state index in [0.717, 1.165) is 6.42 Å². The molecule has 1 N–H and O–H groups in total. The molecule has 2 aromatic rings. The first kappa shape index (κ1) is 21.0. The monoisotopic (exact) mass is 447 g/mol. The first-order chi connectivity index (χ1) is 14.3. The van der Waals surface area contributed by atoms with E-state index in [2.05, 4.69) is 5.32 Å². The fourth-order valence-electron chi connectivity index (χ4n) is 4.66. The third kappa shape index (κ3) is 2.97. The number of methoxy groups -OCH3 is 1. The van der Waals surface area contributed by atoms with Gasteiger partial charge < -0.3 is 15.0 Å². The fourth-order valence-corrected chi connectivity index (χ4v) is 4.99. The molecule has 2 aliphatic rings. The van der Waals surface area contributed by atoms with Gasteiger partial charge in [0.2, 0.25) is 5.91 Å². The molecule has 0 radical (unpaired) electrons. The molecular weight excluding hydrogens is 425 g/mol. The molecule has 2 aliphatic heterocycles. The zero-order valence-electron chi connectivity index (χ0n) is 17.0. The number of nitrogens with one attached hydrogen (secondary N) is 1. The smallest absolute Gasteiger partial charge is 0.254 e. The molecule has 0 saturated carbocycles. The van der Waals surface area contributed by atoms with Crippen LogP contribution < -0.4 is 10.1 Å². The standard InChI is InChI=1S/C22H23Cl2N3O3/c1-26(2)20(28)18-8-6-10-27(18)22(13-7-4-5-9-19(13)30-3)14-11-15(23)16(24)12-17(14)25-21(22)29/h4-5,7,9,11-12,18H,6,8,10H2,1-3H3,(H,25,29)/t18-,22?/m0/s1. The van der Waals surface area contributed by atoms with Crippen LogP contribution in [-0.4, -0.2) is 55.4 Å². The van der Waals surface area contributed by atoms with Gasteiger partial charge in [0.15, 0.2) is 5.54 Å². The van der Waals surface area contributed by atoms with Gasteiger partial charge in [-0.05, 0) is 31.0 Å². The van der Waals surface area contributed by atoms with E-state index in [1.807, 2.05) is 29.2 Å². The number of para-hydroxylation sites is 1. The Morgan fingerprint density at radius 2 is 1.90 bits per heavy atom. The molecule has 1 unspecified atom stereocenters. The lowest BCUT2D eigenvalue weighted by Gasteiger charge is -2.41. The maximum atomic E-state index is 13.8. The van der Waals surface area contributed by atoms with Crippen LogP contribution in [0, 0.1) is 0 Å². The average Bonchev–Trinajstić information content (AvgIpc) is 3.30. The molecule has 2 aromatic carbocycles. The van der Waals surface area contributed by atoms with Crippen LogP contribution in [-0.2, 0) is 15.1 Å². The Bertz CT molecular complexity index is 1030. The normalized spacial score (nSPS) is 23.2. The highest BCUT2D eigenvalue weighted by Crippen LogP contribution is 2.52. The molecule has 158 valence electrons. The molecule has 1 fully saturated rings. The number of likely N-dealkylation sites (tertiary alicyclic amines) is 1. The molecule has 4 rings (SSSR count). The van der Waals surface area contributed by atoms with Crippen LogP contribution in [0.3, 0.4) is 0 Å². The number of rotatable bonds is 4. The molecule has 1 saturated heterocycles. The SMILES string of the molecule is COc1ccccc1C1(N2CCC[C@H]2C(=O)N(C)C)C(=O)Nc2cc(Cl)c(Cl)cc21. The van der Waals surface area contributed by atoms with E-state index < -0.39 is 11.6 Å². The van der Waals surface area contributed by atoms with Crippen molar-refractivity contribution in [3.8, 4) is 5.75 Å². The lowest BCUT2D eigenvalue weighted by atomic mass is 9.80. The summed E-state index contributed by atoms with van der Waals surface area (Å²) in [5.74, 6) is 0.274. The molecule has 0 bridgehead atoms. The Balaban J connectivity index is 2.03. The highest BCUT2D eigenvalue weighted by Gasteiger charge is 2.58. The summed E-state index contributed by atoms with van der Waals surface area (Å²) in [5, 5.41) is 3.67. The third-order valence-electron chi connectivity index (χ3n) is 5.93. The number of likely N-dealkylation sites (N-methyl/N-ethyl adjacent to an activating group) is 1. The second kappa shape index (κ2) is 7.76. The van der Waals surface area contributed by atoms with Gasteiger partial charge >= 0.3 is 0 Å². The molecular formula is C22H23Cl2N3O3. The summed E-state index contributed by atoms with van der Waals surface area (Å²) in [7, 11) is 5.03. The molecule has 30 heavy (non-hydrogen) atoms. The Morgan fingerprint density at radius 1 is 1.20 bits per heavy atom. The summed E-state index contributed by atoms with van der Waals surface area (Å²) < 4.78 is 5.64. The van der Waals surface area contributed by atoms with Crippen LogP contribution in [0.4, 0.5) is 5.69 Å². The number of carbonyl (C=O) groups excluding carboxylic acids is 2. The lowest BCUT2D eigenvalue weighted by Crippen LogP contribution is -2.57. The minimum Gasteiger partial charge on any atom is -0.496 e. The summed E-state index contributed by atoms with van der Waals surface area (Å²) in [4.78, 5) is 30.4. The molecule has 0 aromatic heterocycles. The number of hydrogen-bond acceptors (Lipinski definition) is 4. The summed E-state index contributed by atoms with van der Waals surface area (Å²) in [6.45, 7) is 0.579. The van der Waals surface area contributed by atoms with Gasteiger partial charge in [-0.3, -0.25) is 14.5 Å². The van der Waals surface area contributed by atoms with Crippen LogP contribution >= 0.6 is 23.2 Å². The number of amides is 2. The van der Waals surface area contributed by atoms with Crippen molar-refractivity contribution in [3.05, 3.63) is 57.6 Å². The third-order valence-corrected chi connectivity index (χ3v) is 6.66. The Morgan fingerprint density at radius 3 is 2.60 bits per heavy atom. The van der Waals surface area contributed by atoms with Gasteiger partial charge in [-0.2, -0.15) is 0 Å². The topological polar surface area (TPSA) is 61.9 Å². The highest BCUT2D eigenvalue weighted by molar-refractivity contribution is 6.42. The number of benzene rings is 2. The maximum Gasteiger partial charge on any atom is 0.254 e. The molecule has 0 spiro atoms. The number of fused-ring (bicyclic) bond motifs is 1. The number of carbonyl (C=O) groups is 2. The number of ether oxygens (including phenoxy) is 1. The summed E-state index contributed by atoms with van der Waals surface area (Å²) >= 11 is 12.6. The van der Waals surface area contributed by atoms with Crippen LogP contribution in [0.1, 0.15) is 24.0 Å². The number of halogens is 2. The van der Waals surface area contributed by atoms with Crippen molar-refractivity contribution in [2.45, 2.75) is 24.4 Å². The zero-order valence-corrected chi connectivity index (χ0v) is 18.5. The zero-order chi connectivity index (χ0) is 21.6. The number of nitrogens with zero attached hydrogens (tertiary/aromatic N) is 2. The molecule has 2 amide bonds. The van der Waals surface area contributed by atoms with E-state index in [9.17, 15) is 9.59 Å². The largest absolute Gasteiger partial charge is 0.496 e. The van der Waals surface area contributed by atoms with Crippen molar-refractivity contribution >= 4 is 40.7 Å². The van der Waals surface area contributed by atoms with Crippen molar-refractivity contribution in [2.75, 3.05) is 33.1 Å². The first-order valence-corrected chi connectivity index (χ1v) is 10.5. The van der Waals surface area contributed by atoms with Crippen molar-refractivity contribution in [1.29, 1.82) is 0 Å².